The smallest absolute Gasteiger partial charge is 0.236 e. The van der Waals surface area contributed by atoms with E-state index in [0.29, 0.717) is 17.2 Å². The molecular weight excluding hydrogens is 443 g/mol. The first kappa shape index (κ1) is 26.8. The van der Waals surface area contributed by atoms with Gasteiger partial charge in [0.25, 0.3) is 0 Å². The second-order valence-corrected chi connectivity index (χ2v) is 9.23. The van der Waals surface area contributed by atoms with Crippen LogP contribution in [0.3, 0.4) is 0 Å². The molecule has 7 nitrogen and oxygen atoms in total. The van der Waals surface area contributed by atoms with Gasteiger partial charge in [0.2, 0.25) is 11.9 Å². The number of rotatable bonds is 10. The van der Waals surface area contributed by atoms with Crippen LogP contribution in [0.5, 0.6) is 0 Å². The molecule has 1 amide bonds. The molecule has 0 bridgehead atoms. The van der Waals surface area contributed by atoms with E-state index in [0.717, 1.165) is 11.3 Å². The maximum absolute atomic E-state index is 13.5. The predicted octanol–water partition coefficient (Wildman–Crippen LogP) is 3.72. The van der Waals surface area contributed by atoms with Gasteiger partial charge in [-0.15, -0.1) is 0 Å². The van der Waals surface area contributed by atoms with Crippen LogP contribution < -0.4 is 4.31 Å². The van der Waals surface area contributed by atoms with Gasteiger partial charge in [0.05, 0.1) is 30.0 Å². The Bertz CT molecular complexity index is 967. The number of hydrogen-bond acceptors (Lipinski definition) is 7. The van der Waals surface area contributed by atoms with Crippen molar-refractivity contribution in [2.45, 2.75) is 44.8 Å². The molecule has 2 aromatic rings. The van der Waals surface area contributed by atoms with Gasteiger partial charge in [-0.3, -0.25) is 9.10 Å². The fraction of sp³-hybridized carbons (Fsp3) is 0.458. The highest BCUT2D eigenvalue weighted by atomic mass is 32.2. The third-order valence-corrected chi connectivity index (χ3v) is 5.80. The molecular formula is C24H33FN4O3S. The average Bonchev–Trinajstić information content (AvgIpc) is 2.76. The molecule has 1 heterocycles. The van der Waals surface area contributed by atoms with Gasteiger partial charge in [0.1, 0.15) is 5.82 Å². The molecule has 9 heteroatoms. The highest BCUT2D eigenvalue weighted by Gasteiger charge is 2.20. The van der Waals surface area contributed by atoms with Crippen LogP contribution in [0.15, 0.2) is 30.3 Å². The van der Waals surface area contributed by atoms with Crippen molar-refractivity contribution in [1.82, 2.24) is 14.9 Å². The van der Waals surface area contributed by atoms with Crippen LogP contribution in [0.4, 0.5) is 10.3 Å². The van der Waals surface area contributed by atoms with Gasteiger partial charge in [-0.05, 0) is 30.2 Å². The first-order valence-corrected chi connectivity index (χ1v) is 11.9. The van der Waals surface area contributed by atoms with Crippen molar-refractivity contribution in [1.29, 1.82) is 0 Å². The number of aliphatic hydroxyl groups is 2. The highest BCUT2D eigenvalue weighted by Crippen LogP contribution is 2.32. The second kappa shape index (κ2) is 12.1. The summed E-state index contributed by atoms with van der Waals surface area (Å²) in [7, 11) is 5.11. The summed E-state index contributed by atoms with van der Waals surface area (Å²) in [4.78, 5) is 22.6. The Morgan fingerprint density at radius 2 is 1.79 bits per heavy atom. The van der Waals surface area contributed by atoms with E-state index in [1.54, 1.807) is 38.4 Å². The zero-order valence-electron chi connectivity index (χ0n) is 20.0. The van der Waals surface area contributed by atoms with Crippen LogP contribution in [0.2, 0.25) is 0 Å². The number of benzene rings is 1. The summed E-state index contributed by atoms with van der Waals surface area (Å²) in [5.74, 6) is 0.0375. The SMILES string of the molecule is CSN(C)c1nc(-c2ccc(F)cc2)c(/C=C/C(O)CC(O)CC(=O)N(C)C)c(C(C)C)n1. The van der Waals surface area contributed by atoms with E-state index in [4.69, 9.17) is 9.97 Å². The number of amides is 1. The van der Waals surface area contributed by atoms with Gasteiger partial charge in [-0.25, -0.2) is 14.4 Å². The molecule has 0 aliphatic heterocycles. The molecule has 2 unspecified atom stereocenters. The Morgan fingerprint density at radius 3 is 2.33 bits per heavy atom. The van der Waals surface area contributed by atoms with Gasteiger partial charge in [-0.1, -0.05) is 37.9 Å². The van der Waals surface area contributed by atoms with Gasteiger partial charge in [0.15, 0.2) is 0 Å². The Labute approximate surface area is 199 Å². The zero-order valence-corrected chi connectivity index (χ0v) is 20.8. The van der Waals surface area contributed by atoms with Crippen molar-refractivity contribution in [2.24, 2.45) is 0 Å². The topological polar surface area (TPSA) is 89.8 Å². The highest BCUT2D eigenvalue weighted by molar-refractivity contribution is 7.99. The van der Waals surface area contributed by atoms with Crippen molar-refractivity contribution in [3.63, 3.8) is 0 Å². The first-order valence-electron chi connectivity index (χ1n) is 10.7. The fourth-order valence-electron chi connectivity index (χ4n) is 3.16. The Morgan fingerprint density at radius 1 is 1.15 bits per heavy atom. The van der Waals surface area contributed by atoms with Crippen LogP contribution in [-0.4, -0.2) is 70.6 Å². The third-order valence-electron chi connectivity index (χ3n) is 5.09. The lowest BCUT2D eigenvalue weighted by molar-refractivity contribution is -0.130. The van der Waals surface area contributed by atoms with Crippen molar-refractivity contribution < 1.29 is 19.4 Å². The molecule has 0 saturated carbocycles. The minimum Gasteiger partial charge on any atom is -0.392 e. The molecule has 2 atom stereocenters. The Balaban J connectivity index is 2.44. The maximum Gasteiger partial charge on any atom is 0.236 e. The molecule has 33 heavy (non-hydrogen) atoms. The van der Waals surface area contributed by atoms with Crippen molar-refractivity contribution >= 4 is 29.9 Å². The van der Waals surface area contributed by atoms with Crippen molar-refractivity contribution in [3.8, 4) is 11.3 Å². The number of hydrogen-bond donors (Lipinski definition) is 2. The molecule has 0 saturated heterocycles. The standard InChI is InChI=1S/C24H33FN4O3S/c1-15(2)22-20(12-11-18(30)13-19(31)14-21(32)28(3)4)23(16-7-9-17(25)10-8-16)27-24(26-22)29(5)33-6/h7-12,15,18-19,30-31H,13-14H2,1-6H3/b12-11+. The zero-order chi connectivity index (χ0) is 24.7. The molecule has 0 aliphatic carbocycles. The number of anilines is 1. The van der Waals surface area contributed by atoms with E-state index in [1.165, 1.54) is 29.0 Å². The van der Waals surface area contributed by atoms with E-state index in [2.05, 4.69) is 0 Å². The van der Waals surface area contributed by atoms with E-state index in [1.807, 2.05) is 31.5 Å². The number of carbonyl (C=O) groups is 1. The fourth-order valence-corrected chi connectivity index (χ4v) is 3.41. The van der Waals surface area contributed by atoms with Crippen molar-refractivity contribution in [3.05, 3.63) is 47.4 Å². The second-order valence-electron chi connectivity index (χ2n) is 8.32. The van der Waals surface area contributed by atoms with Crippen LogP contribution in [0.25, 0.3) is 17.3 Å². The van der Waals surface area contributed by atoms with E-state index < -0.39 is 12.2 Å². The molecule has 2 N–H and O–H groups in total. The number of halogens is 1. The summed E-state index contributed by atoms with van der Waals surface area (Å²) >= 11 is 1.47. The van der Waals surface area contributed by atoms with E-state index >= 15 is 0 Å². The van der Waals surface area contributed by atoms with E-state index in [9.17, 15) is 19.4 Å². The molecule has 0 spiro atoms. The third kappa shape index (κ3) is 7.52. The summed E-state index contributed by atoms with van der Waals surface area (Å²) in [6, 6.07) is 6.08. The summed E-state index contributed by atoms with van der Waals surface area (Å²) in [6.07, 6.45) is 3.26. The van der Waals surface area contributed by atoms with Gasteiger partial charge in [0, 0.05) is 44.9 Å². The molecule has 0 fully saturated rings. The molecule has 0 aliphatic rings. The van der Waals surface area contributed by atoms with Gasteiger partial charge < -0.3 is 15.1 Å². The number of carbonyl (C=O) groups excluding carboxylic acids is 1. The summed E-state index contributed by atoms with van der Waals surface area (Å²) < 4.78 is 15.4. The van der Waals surface area contributed by atoms with Gasteiger partial charge in [-0.2, -0.15) is 0 Å². The van der Waals surface area contributed by atoms with Crippen LogP contribution >= 0.6 is 11.9 Å². The lowest BCUT2D eigenvalue weighted by Gasteiger charge is -2.20. The van der Waals surface area contributed by atoms with Crippen molar-refractivity contribution in [2.75, 3.05) is 31.7 Å². The molecule has 0 radical (unpaired) electrons. The summed E-state index contributed by atoms with van der Waals surface area (Å²) in [5, 5.41) is 20.6. The molecule has 2 rings (SSSR count). The minimum absolute atomic E-state index is 0.0210. The quantitative estimate of drug-likeness (QED) is 0.505. The predicted molar refractivity (Wildman–Crippen MR) is 132 cm³/mol. The minimum atomic E-state index is -0.968. The monoisotopic (exact) mass is 476 g/mol. The Hall–Kier alpha value is -2.49. The summed E-state index contributed by atoms with van der Waals surface area (Å²) in [6.45, 7) is 4.04. The average molecular weight is 477 g/mol. The normalized spacial score (nSPS) is 13.4. The maximum atomic E-state index is 13.5. The molecule has 1 aromatic heterocycles. The van der Waals surface area contributed by atoms with Crippen LogP contribution in [-0.2, 0) is 4.79 Å². The molecule has 1 aromatic carbocycles. The number of aliphatic hydroxyl groups excluding tert-OH is 2. The van der Waals surface area contributed by atoms with Gasteiger partial charge >= 0.3 is 0 Å². The number of nitrogens with zero attached hydrogens (tertiary/aromatic N) is 4. The van der Waals surface area contributed by atoms with E-state index in [-0.39, 0.29) is 30.5 Å². The molecule has 180 valence electrons. The first-order chi connectivity index (χ1) is 15.5. The summed E-state index contributed by atoms with van der Waals surface area (Å²) in [5.41, 5.74) is 2.85. The Kier molecular flexibility index (Phi) is 9.82. The lowest BCUT2D eigenvalue weighted by atomic mass is 9.97. The number of aromatic nitrogens is 2. The lowest BCUT2D eigenvalue weighted by Crippen LogP contribution is -2.28. The largest absolute Gasteiger partial charge is 0.392 e. The van der Waals surface area contributed by atoms with Crippen LogP contribution in [0.1, 0.15) is 43.9 Å². The van der Waals surface area contributed by atoms with Crippen LogP contribution in [0, 0.1) is 5.82 Å².